The molecular formula is C11H19NO3. The molecule has 1 aliphatic carbocycles. The van der Waals surface area contributed by atoms with Crippen LogP contribution in [0.5, 0.6) is 0 Å². The van der Waals surface area contributed by atoms with Crippen molar-refractivity contribution in [2.24, 2.45) is 11.3 Å². The van der Waals surface area contributed by atoms with Gasteiger partial charge in [0.25, 0.3) is 0 Å². The lowest BCUT2D eigenvalue weighted by molar-refractivity contribution is -0.139. The zero-order valence-electron chi connectivity index (χ0n) is 9.54. The molecule has 1 aliphatic rings. The summed E-state index contributed by atoms with van der Waals surface area (Å²) in [7, 11) is 0. The van der Waals surface area contributed by atoms with E-state index >= 15 is 0 Å². The molecule has 4 nitrogen and oxygen atoms in total. The molecule has 0 saturated heterocycles. The second kappa shape index (κ2) is 4.21. The summed E-state index contributed by atoms with van der Waals surface area (Å²) in [5.74, 6) is -0.306. The van der Waals surface area contributed by atoms with E-state index in [-0.39, 0.29) is 18.7 Å². The number of hydrogen-bond donors (Lipinski definition) is 2. The van der Waals surface area contributed by atoms with Gasteiger partial charge in [-0.05, 0) is 17.8 Å². The van der Waals surface area contributed by atoms with Crippen LogP contribution < -0.4 is 5.32 Å². The third-order valence-corrected chi connectivity index (χ3v) is 2.72. The lowest BCUT2D eigenvalue weighted by atomic mass is 9.85. The number of carboxylic acids is 1. The number of nitrogens with one attached hydrogen (secondary N) is 1. The second-order valence-electron chi connectivity index (χ2n) is 5.30. The smallest absolute Gasteiger partial charge is 0.303 e. The van der Waals surface area contributed by atoms with Crippen LogP contribution in [0, 0.1) is 11.3 Å². The fraction of sp³-hybridized carbons (Fsp3) is 0.818. The van der Waals surface area contributed by atoms with Crippen LogP contribution in [0.15, 0.2) is 0 Å². The summed E-state index contributed by atoms with van der Waals surface area (Å²) in [5.41, 5.74) is -0.464. The molecule has 15 heavy (non-hydrogen) atoms. The molecule has 86 valence electrons. The fourth-order valence-corrected chi connectivity index (χ4v) is 1.69. The summed E-state index contributed by atoms with van der Waals surface area (Å²) >= 11 is 0. The molecule has 0 aromatic rings. The van der Waals surface area contributed by atoms with Gasteiger partial charge in [-0.3, -0.25) is 9.59 Å². The van der Waals surface area contributed by atoms with Gasteiger partial charge in [0.2, 0.25) is 5.91 Å². The fourth-order valence-electron chi connectivity index (χ4n) is 1.69. The van der Waals surface area contributed by atoms with Crippen molar-refractivity contribution in [3.05, 3.63) is 0 Å². The van der Waals surface area contributed by atoms with E-state index in [1.807, 2.05) is 0 Å². The Morgan fingerprint density at radius 2 is 1.93 bits per heavy atom. The molecular weight excluding hydrogens is 194 g/mol. The first-order chi connectivity index (χ1) is 6.80. The summed E-state index contributed by atoms with van der Waals surface area (Å²) < 4.78 is 0. The first kappa shape index (κ1) is 12.0. The van der Waals surface area contributed by atoms with Gasteiger partial charge in [-0.1, -0.05) is 20.8 Å². The molecule has 1 saturated carbocycles. The highest BCUT2D eigenvalue weighted by Crippen LogP contribution is 2.30. The summed E-state index contributed by atoms with van der Waals surface area (Å²) in [6.07, 6.45) is 1.36. The Hall–Kier alpha value is -1.06. The Balaban J connectivity index is 2.32. The van der Waals surface area contributed by atoms with Gasteiger partial charge in [0.15, 0.2) is 0 Å². The van der Waals surface area contributed by atoms with E-state index in [4.69, 9.17) is 5.11 Å². The van der Waals surface area contributed by atoms with Crippen molar-refractivity contribution in [2.45, 2.75) is 46.1 Å². The Labute approximate surface area is 90.0 Å². The molecule has 1 fully saturated rings. The molecule has 2 N–H and O–H groups in total. The number of carbonyl (C=O) groups is 2. The summed E-state index contributed by atoms with van der Waals surface area (Å²) in [6.45, 7) is 5.70. The maximum Gasteiger partial charge on any atom is 0.303 e. The SMILES string of the molecule is CC1CC1NC(=O)CC(C)(C)CC(=O)O. The van der Waals surface area contributed by atoms with Crippen molar-refractivity contribution in [1.29, 1.82) is 0 Å². The lowest BCUT2D eigenvalue weighted by Crippen LogP contribution is -2.32. The quantitative estimate of drug-likeness (QED) is 0.725. The van der Waals surface area contributed by atoms with Crippen LogP contribution in [0.3, 0.4) is 0 Å². The molecule has 0 aromatic carbocycles. The first-order valence-electron chi connectivity index (χ1n) is 5.31. The lowest BCUT2D eigenvalue weighted by Gasteiger charge is -2.21. The molecule has 1 rings (SSSR count). The minimum atomic E-state index is -0.854. The highest BCUT2D eigenvalue weighted by Gasteiger charge is 2.35. The molecule has 0 heterocycles. The van der Waals surface area contributed by atoms with Crippen molar-refractivity contribution in [2.75, 3.05) is 0 Å². The predicted molar refractivity (Wildman–Crippen MR) is 56.4 cm³/mol. The zero-order chi connectivity index (χ0) is 11.6. The average molecular weight is 213 g/mol. The Kier molecular flexibility index (Phi) is 3.37. The van der Waals surface area contributed by atoms with Crippen molar-refractivity contribution in [3.8, 4) is 0 Å². The molecule has 0 aromatic heterocycles. The number of hydrogen-bond acceptors (Lipinski definition) is 2. The molecule has 4 heteroatoms. The minimum absolute atomic E-state index is 0.0284. The average Bonchev–Trinajstić information content (AvgIpc) is 2.60. The van der Waals surface area contributed by atoms with Gasteiger partial charge in [0, 0.05) is 12.5 Å². The second-order valence-corrected chi connectivity index (χ2v) is 5.30. The van der Waals surface area contributed by atoms with Crippen LogP contribution in [0.25, 0.3) is 0 Å². The molecule has 2 unspecified atom stereocenters. The van der Waals surface area contributed by atoms with Crippen LogP contribution in [0.2, 0.25) is 0 Å². The van der Waals surface area contributed by atoms with Crippen molar-refractivity contribution in [3.63, 3.8) is 0 Å². The van der Waals surface area contributed by atoms with E-state index in [1.54, 1.807) is 13.8 Å². The van der Waals surface area contributed by atoms with Crippen LogP contribution in [-0.2, 0) is 9.59 Å². The van der Waals surface area contributed by atoms with Gasteiger partial charge in [-0.15, -0.1) is 0 Å². The summed E-state index contributed by atoms with van der Waals surface area (Å²) in [6, 6.07) is 0.318. The maximum absolute atomic E-state index is 11.5. The highest BCUT2D eigenvalue weighted by molar-refractivity contribution is 5.78. The monoisotopic (exact) mass is 213 g/mol. The van der Waals surface area contributed by atoms with Crippen LogP contribution in [0.4, 0.5) is 0 Å². The van der Waals surface area contributed by atoms with Gasteiger partial charge < -0.3 is 10.4 Å². The Bertz CT molecular complexity index is 273. The van der Waals surface area contributed by atoms with Gasteiger partial charge in [-0.25, -0.2) is 0 Å². The van der Waals surface area contributed by atoms with Crippen LogP contribution >= 0.6 is 0 Å². The van der Waals surface area contributed by atoms with E-state index < -0.39 is 11.4 Å². The topological polar surface area (TPSA) is 66.4 Å². The number of rotatable bonds is 5. The zero-order valence-corrected chi connectivity index (χ0v) is 9.54. The molecule has 0 aliphatic heterocycles. The van der Waals surface area contributed by atoms with Crippen molar-refractivity contribution < 1.29 is 14.7 Å². The van der Waals surface area contributed by atoms with E-state index in [0.29, 0.717) is 12.0 Å². The molecule has 0 radical (unpaired) electrons. The highest BCUT2D eigenvalue weighted by atomic mass is 16.4. The van der Waals surface area contributed by atoms with Crippen LogP contribution in [-0.4, -0.2) is 23.0 Å². The van der Waals surface area contributed by atoms with Crippen LogP contribution in [0.1, 0.15) is 40.0 Å². The van der Waals surface area contributed by atoms with Gasteiger partial charge in [-0.2, -0.15) is 0 Å². The maximum atomic E-state index is 11.5. The summed E-state index contributed by atoms with van der Waals surface area (Å²) in [5, 5.41) is 11.6. The van der Waals surface area contributed by atoms with Gasteiger partial charge >= 0.3 is 5.97 Å². The number of amides is 1. The first-order valence-corrected chi connectivity index (χ1v) is 5.31. The van der Waals surface area contributed by atoms with Gasteiger partial charge in [0.1, 0.15) is 0 Å². The van der Waals surface area contributed by atoms with E-state index in [2.05, 4.69) is 12.2 Å². The Morgan fingerprint density at radius 3 is 2.33 bits per heavy atom. The van der Waals surface area contributed by atoms with E-state index in [0.717, 1.165) is 6.42 Å². The van der Waals surface area contributed by atoms with Crippen molar-refractivity contribution >= 4 is 11.9 Å². The van der Waals surface area contributed by atoms with Crippen molar-refractivity contribution in [1.82, 2.24) is 5.32 Å². The third-order valence-electron chi connectivity index (χ3n) is 2.72. The normalized spacial score (nSPS) is 24.7. The number of carbonyl (C=O) groups excluding carboxylic acids is 1. The largest absolute Gasteiger partial charge is 0.481 e. The molecule has 0 bridgehead atoms. The van der Waals surface area contributed by atoms with E-state index in [9.17, 15) is 9.59 Å². The predicted octanol–water partition coefficient (Wildman–Crippen LogP) is 1.40. The number of aliphatic carboxylic acids is 1. The molecule has 0 spiro atoms. The molecule has 2 atom stereocenters. The summed E-state index contributed by atoms with van der Waals surface area (Å²) in [4.78, 5) is 22.1. The number of carboxylic acid groups (broad SMARTS) is 1. The third kappa shape index (κ3) is 4.32. The van der Waals surface area contributed by atoms with E-state index in [1.165, 1.54) is 0 Å². The standard InChI is InChI=1S/C11H19NO3/c1-7-4-8(7)12-9(13)5-11(2,3)6-10(14)15/h7-8H,4-6H2,1-3H3,(H,12,13)(H,14,15). The molecule has 1 amide bonds. The Morgan fingerprint density at radius 1 is 1.40 bits per heavy atom. The minimum Gasteiger partial charge on any atom is -0.481 e. The van der Waals surface area contributed by atoms with Gasteiger partial charge in [0.05, 0.1) is 6.42 Å².